The second-order valence-corrected chi connectivity index (χ2v) is 3.80. The molecule has 2 heterocycles. The van der Waals surface area contributed by atoms with Crippen LogP contribution >= 0.6 is 0 Å². The van der Waals surface area contributed by atoms with Crippen LogP contribution < -0.4 is 5.56 Å². The molecule has 2 rings (SSSR count). The van der Waals surface area contributed by atoms with E-state index in [1.807, 2.05) is 0 Å². The number of carboxylic acid groups (broad SMARTS) is 1. The van der Waals surface area contributed by atoms with Gasteiger partial charge in [0, 0.05) is 24.6 Å². The van der Waals surface area contributed by atoms with Crippen LogP contribution in [0.5, 0.6) is 0 Å². The van der Waals surface area contributed by atoms with Crippen LogP contribution in [0.15, 0.2) is 10.9 Å². The quantitative estimate of drug-likeness (QED) is 0.786. The number of aryl methyl sites for hydroxylation is 2. The van der Waals surface area contributed by atoms with Gasteiger partial charge in [-0.3, -0.25) is 19.0 Å². The molecule has 2 aromatic heterocycles. The van der Waals surface area contributed by atoms with Crippen molar-refractivity contribution in [2.75, 3.05) is 0 Å². The number of H-pyrrole nitrogens is 1. The van der Waals surface area contributed by atoms with Crippen LogP contribution in [0.4, 0.5) is 0 Å². The number of hydrogen-bond acceptors (Lipinski definition) is 4. The minimum atomic E-state index is -0.830. The maximum atomic E-state index is 11.2. The summed E-state index contributed by atoms with van der Waals surface area (Å²) in [6, 6.07) is 1.46. The SMILES string of the molecule is Cc1cc(=O)[nH]c2nnc(CCCC(=O)O)n12. The number of carboxylic acids is 1. The Bertz CT molecular complexity index is 614. The van der Waals surface area contributed by atoms with Crippen LogP contribution in [0.1, 0.15) is 24.4 Å². The summed E-state index contributed by atoms with van der Waals surface area (Å²) in [5.41, 5.74) is 0.513. The summed E-state index contributed by atoms with van der Waals surface area (Å²) in [7, 11) is 0. The van der Waals surface area contributed by atoms with Crippen LogP contribution in [-0.4, -0.2) is 30.7 Å². The van der Waals surface area contributed by atoms with Gasteiger partial charge >= 0.3 is 5.97 Å². The highest BCUT2D eigenvalue weighted by molar-refractivity contribution is 5.66. The summed E-state index contributed by atoms with van der Waals surface area (Å²) in [5, 5.41) is 16.3. The van der Waals surface area contributed by atoms with E-state index in [1.54, 1.807) is 11.3 Å². The third-order valence-electron chi connectivity index (χ3n) is 2.45. The number of aromatic amines is 1. The molecule has 0 aliphatic carbocycles. The Balaban J connectivity index is 2.29. The molecule has 0 saturated carbocycles. The standard InChI is InChI=1S/C10H12N4O3/c1-6-5-8(15)11-10-13-12-7(14(6)10)3-2-4-9(16)17/h5H,2-4H2,1H3,(H,16,17)(H,11,13,15). The minimum Gasteiger partial charge on any atom is -0.481 e. The first-order valence-electron chi connectivity index (χ1n) is 5.23. The molecule has 0 radical (unpaired) electrons. The number of rotatable bonds is 4. The molecule has 17 heavy (non-hydrogen) atoms. The Kier molecular flexibility index (Phi) is 2.90. The van der Waals surface area contributed by atoms with E-state index in [2.05, 4.69) is 15.2 Å². The lowest BCUT2D eigenvalue weighted by Crippen LogP contribution is -2.10. The highest BCUT2D eigenvalue weighted by Crippen LogP contribution is 2.06. The number of aromatic nitrogens is 4. The minimum absolute atomic E-state index is 0.0946. The number of nitrogens with one attached hydrogen (secondary N) is 1. The monoisotopic (exact) mass is 236 g/mol. The second kappa shape index (κ2) is 4.36. The number of fused-ring (bicyclic) bond motifs is 1. The maximum absolute atomic E-state index is 11.2. The lowest BCUT2D eigenvalue weighted by atomic mass is 10.2. The van der Waals surface area contributed by atoms with Crippen LogP contribution in [-0.2, 0) is 11.2 Å². The molecule has 0 unspecified atom stereocenters. The first-order chi connectivity index (χ1) is 8.08. The normalized spacial score (nSPS) is 10.9. The average Bonchev–Trinajstić information content (AvgIpc) is 2.60. The van der Waals surface area contributed by atoms with Crippen LogP contribution in [0.2, 0.25) is 0 Å². The van der Waals surface area contributed by atoms with Crippen molar-refractivity contribution in [3.63, 3.8) is 0 Å². The molecule has 0 spiro atoms. The number of aliphatic carboxylic acids is 1. The van der Waals surface area contributed by atoms with Crippen LogP contribution in [0, 0.1) is 6.92 Å². The van der Waals surface area contributed by atoms with Gasteiger partial charge in [-0.2, -0.15) is 0 Å². The van der Waals surface area contributed by atoms with Crippen LogP contribution in [0.25, 0.3) is 5.78 Å². The summed E-state index contributed by atoms with van der Waals surface area (Å²) >= 11 is 0. The third-order valence-corrected chi connectivity index (χ3v) is 2.45. The number of hydrogen-bond donors (Lipinski definition) is 2. The van der Waals surface area contributed by atoms with Gasteiger partial charge in [-0.05, 0) is 13.3 Å². The van der Waals surface area contributed by atoms with Crippen molar-refractivity contribution in [3.05, 3.63) is 27.9 Å². The highest BCUT2D eigenvalue weighted by atomic mass is 16.4. The van der Waals surface area contributed by atoms with E-state index in [0.717, 1.165) is 5.69 Å². The molecule has 2 N–H and O–H groups in total. The Morgan fingerprint density at radius 2 is 2.29 bits per heavy atom. The lowest BCUT2D eigenvalue weighted by Gasteiger charge is -2.01. The van der Waals surface area contributed by atoms with Crippen molar-refractivity contribution in [2.45, 2.75) is 26.2 Å². The molecule has 0 aliphatic rings. The van der Waals surface area contributed by atoms with Gasteiger partial charge in [-0.15, -0.1) is 10.2 Å². The summed E-state index contributed by atoms with van der Waals surface area (Å²) in [6.45, 7) is 1.78. The average molecular weight is 236 g/mol. The largest absolute Gasteiger partial charge is 0.481 e. The molecule has 7 heteroatoms. The van der Waals surface area contributed by atoms with Gasteiger partial charge in [-0.1, -0.05) is 0 Å². The summed E-state index contributed by atoms with van der Waals surface area (Å²) in [6.07, 6.45) is 1.10. The molecule has 90 valence electrons. The molecule has 0 amide bonds. The Hall–Kier alpha value is -2.18. The fourth-order valence-electron chi connectivity index (χ4n) is 1.73. The molecule has 0 bridgehead atoms. The van der Waals surface area contributed by atoms with Crippen LogP contribution in [0.3, 0.4) is 0 Å². The van der Waals surface area contributed by atoms with Crippen molar-refractivity contribution in [1.29, 1.82) is 0 Å². The first-order valence-corrected chi connectivity index (χ1v) is 5.23. The van der Waals surface area contributed by atoms with Gasteiger partial charge < -0.3 is 5.11 Å². The van der Waals surface area contributed by atoms with E-state index in [-0.39, 0.29) is 12.0 Å². The smallest absolute Gasteiger partial charge is 0.303 e. The molecule has 0 aliphatic heterocycles. The van der Waals surface area contributed by atoms with Crippen molar-refractivity contribution >= 4 is 11.7 Å². The van der Waals surface area contributed by atoms with E-state index >= 15 is 0 Å². The topological polar surface area (TPSA) is 100 Å². The Morgan fingerprint density at radius 1 is 1.53 bits per heavy atom. The number of nitrogens with zero attached hydrogens (tertiary/aromatic N) is 3. The van der Waals surface area contributed by atoms with E-state index < -0.39 is 5.97 Å². The van der Waals surface area contributed by atoms with Gasteiger partial charge in [0.05, 0.1) is 0 Å². The fraction of sp³-hybridized carbons (Fsp3) is 0.400. The predicted octanol–water partition coefficient (Wildman–Crippen LogP) is 0.133. The molecule has 7 nitrogen and oxygen atoms in total. The predicted molar refractivity (Wildman–Crippen MR) is 58.9 cm³/mol. The van der Waals surface area contributed by atoms with Crippen molar-refractivity contribution < 1.29 is 9.90 Å². The third kappa shape index (κ3) is 2.32. The van der Waals surface area contributed by atoms with E-state index in [0.29, 0.717) is 24.4 Å². The molecular formula is C10H12N4O3. The van der Waals surface area contributed by atoms with E-state index in [4.69, 9.17) is 5.11 Å². The zero-order chi connectivity index (χ0) is 12.4. The van der Waals surface area contributed by atoms with E-state index in [9.17, 15) is 9.59 Å². The zero-order valence-electron chi connectivity index (χ0n) is 9.30. The molecule has 2 aromatic rings. The number of carbonyl (C=O) groups is 1. The van der Waals surface area contributed by atoms with Crippen molar-refractivity contribution in [1.82, 2.24) is 19.6 Å². The first kappa shape index (κ1) is 11.3. The maximum Gasteiger partial charge on any atom is 0.303 e. The Labute approximate surface area is 96.1 Å². The molecule has 0 aromatic carbocycles. The molecule has 0 fully saturated rings. The van der Waals surface area contributed by atoms with Gasteiger partial charge in [0.1, 0.15) is 5.82 Å². The van der Waals surface area contributed by atoms with Crippen molar-refractivity contribution in [2.24, 2.45) is 0 Å². The summed E-state index contributed by atoms with van der Waals surface area (Å²) in [4.78, 5) is 24.2. The highest BCUT2D eigenvalue weighted by Gasteiger charge is 2.09. The second-order valence-electron chi connectivity index (χ2n) is 3.80. The molecule has 0 atom stereocenters. The zero-order valence-corrected chi connectivity index (χ0v) is 9.30. The van der Waals surface area contributed by atoms with E-state index in [1.165, 1.54) is 6.07 Å². The summed E-state index contributed by atoms with van der Waals surface area (Å²) < 4.78 is 1.73. The summed E-state index contributed by atoms with van der Waals surface area (Å²) in [5.74, 6) is 0.222. The lowest BCUT2D eigenvalue weighted by molar-refractivity contribution is -0.137. The van der Waals surface area contributed by atoms with Gasteiger partial charge in [0.25, 0.3) is 5.56 Å². The molecule has 0 saturated heterocycles. The van der Waals surface area contributed by atoms with Gasteiger partial charge in [0.2, 0.25) is 5.78 Å². The molecular weight excluding hydrogens is 224 g/mol. The van der Waals surface area contributed by atoms with Gasteiger partial charge in [0.15, 0.2) is 0 Å². The fourth-order valence-corrected chi connectivity index (χ4v) is 1.73. The van der Waals surface area contributed by atoms with Crippen molar-refractivity contribution in [3.8, 4) is 0 Å². The Morgan fingerprint density at radius 3 is 3.00 bits per heavy atom. The van der Waals surface area contributed by atoms with Gasteiger partial charge in [-0.25, -0.2) is 0 Å².